The molecule has 0 aromatic rings. The normalized spacial score (nSPS) is 29.0. The third-order valence-corrected chi connectivity index (χ3v) is 3.93. The minimum Gasteiger partial charge on any atom is -0.481 e. The highest BCUT2D eigenvalue weighted by atomic mass is 16.5. The van der Waals surface area contributed by atoms with Crippen molar-refractivity contribution in [1.29, 1.82) is 0 Å². The Balaban J connectivity index is 1.83. The Kier molecular flexibility index (Phi) is 4.63. The average molecular weight is 270 g/mol. The smallest absolute Gasteiger partial charge is 0.317 e. The quantitative estimate of drug-likeness (QED) is 0.803. The molecule has 6 nitrogen and oxygen atoms in total. The first-order chi connectivity index (χ1) is 9.08. The van der Waals surface area contributed by atoms with Crippen LogP contribution in [0.5, 0.6) is 0 Å². The van der Waals surface area contributed by atoms with E-state index < -0.39 is 11.9 Å². The van der Waals surface area contributed by atoms with Gasteiger partial charge in [-0.2, -0.15) is 0 Å². The molecule has 0 aromatic heterocycles. The van der Waals surface area contributed by atoms with Crippen molar-refractivity contribution in [1.82, 2.24) is 10.2 Å². The van der Waals surface area contributed by atoms with Gasteiger partial charge in [0.15, 0.2) is 0 Å². The molecule has 2 rings (SSSR count). The number of urea groups is 1. The van der Waals surface area contributed by atoms with Crippen molar-refractivity contribution in [3.05, 3.63) is 0 Å². The lowest BCUT2D eigenvalue weighted by atomic mass is 9.98. The molecule has 2 fully saturated rings. The van der Waals surface area contributed by atoms with E-state index in [1.54, 1.807) is 4.90 Å². The molecule has 2 amide bonds. The highest BCUT2D eigenvalue weighted by Crippen LogP contribution is 2.18. The molecular weight excluding hydrogens is 248 g/mol. The molecule has 0 radical (unpaired) electrons. The molecule has 3 atom stereocenters. The predicted octanol–water partition coefficient (Wildman–Crippen LogP) is 1.06. The van der Waals surface area contributed by atoms with Crippen LogP contribution < -0.4 is 5.32 Å². The molecular formula is C13H22N2O4. The van der Waals surface area contributed by atoms with Crippen molar-refractivity contribution in [3.63, 3.8) is 0 Å². The number of nitrogens with zero attached hydrogens (tertiary/aromatic N) is 1. The van der Waals surface area contributed by atoms with Crippen LogP contribution in [0.3, 0.4) is 0 Å². The van der Waals surface area contributed by atoms with Crippen LogP contribution in [0, 0.1) is 5.92 Å². The van der Waals surface area contributed by atoms with E-state index in [1.165, 1.54) is 0 Å². The SMILES string of the molecule is CC(NC(=O)N1CCC[C@H](C(=O)O)C1)C1CCCO1. The Labute approximate surface area is 113 Å². The minimum absolute atomic E-state index is 0.0276. The summed E-state index contributed by atoms with van der Waals surface area (Å²) in [4.78, 5) is 24.7. The van der Waals surface area contributed by atoms with Crippen molar-refractivity contribution in [3.8, 4) is 0 Å². The number of rotatable bonds is 3. The fourth-order valence-corrected chi connectivity index (χ4v) is 2.74. The van der Waals surface area contributed by atoms with Gasteiger partial charge in [0.25, 0.3) is 0 Å². The largest absolute Gasteiger partial charge is 0.481 e. The number of aliphatic carboxylic acids is 1. The fourth-order valence-electron chi connectivity index (χ4n) is 2.74. The second-order valence-corrected chi connectivity index (χ2v) is 5.41. The number of likely N-dealkylation sites (tertiary alicyclic amines) is 1. The zero-order valence-corrected chi connectivity index (χ0v) is 11.3. The molecule has 2 N–H and O–H groups in total. The zero-order chi connectivity index (χ0) is 13.8. The van der Waals surface area contributed by atoms with Crippen molar-refractivity contribution in [2.45, 2.75) is 44.8 Å². The number of hydrogen-bond donors (Lipinski definition) is 2. The third kappa shape index (κ3) is 3.59. The van der Waals surface area contributed by atoms with Gasteiger partial charge in [-0.15, -0.1) is 0 Å². The Morgan fingerprint density at radius 2 is 2.16 bits per heavy atom. The predicted molar refractivity (Wildman–Crippen MR) is 68.9 cm³/mol. The molecule has 2 aliphatic heterocycles. The molecule has 108 valence electrons. The molecule has 2 saturated heterocycles. The summed E-state index contributed by atoms with van der Waals surface area (Å²) in [5.74, 6) is -1.25. The van der Waals surface area contributed by atoms with Crippen LogP contribution in [-0.2, 0) is 9.53 Å². The van der Waals surface area contributed by atoms with E-state index in [9.17, 15) is 9.59 Å². The van der Waals surface area contributed by atoms with Crippen LogP contribution in [0.2, 0.25) is 0 Å². The highest BCUT2D eigenvalue weighted by Gasteiger charge is 2.30. The standard InChI is InChI=1S/C13H22N2O4/c1-9(11-5-3-7-19-11)14-13(18)15-6-2-4-10(8-15)12(16)17/h9-11H,2-8H2,1H3,(H,14,18)(H,16,17)/t9?,10-,11?/m0/s1. The van der Waals surface area contributed by atoms with Gasteiger partial charge in [0.2, 0.25) is 0 Å². The van der Waals surface area contributed by atoms with E-state index in [0.717, 1.165) is 25.9 Å². The van der Waals surface area contributed by atoms with Gasteiger partial charge in [-0.05, 0) is 32.6 Å². The van der Waals surface area contributed by atoms with Gasteiger partial charge in [0.1, 0.15) is 0 Å². The van der Waals surface area contributed by atoms with Gasteiger partial charge in [-0.25, -0.2) is 4.79 Å². The summed E-state index contributed by atoms with van der Waals surface area (Å²) in [6.07, 6.45) is 3.50. The Morgan fingerprint density at radius 1 is 1.37 bits per heavy atom. The highest BCUT2D eigenvalue weighted by molar-refractivity contribution is 5.76. The van der Waals surface area contributed by atoms with E-state index in [2.05, 4.69) is 5.32 Å². The summed E-state index contributed by atoms with van der Waals surface area (Å²) in [5, 5.41) is 11.9. The number of nitrogens with one attached hydrogen (secondary N) is 1. The van der Waals surface area contributed by atoms with Gasteiger partial charge >= 0.3 is 12.0 Å². The Hall–Kier alpha value is -1.30. The van der Waals surface area contributed by atoms with E-state index in [0.29, 0.717) is 19.5 Å². The maximum atomic E-state index is 12.1. The average Bonchev–Trinajstić information content (AvgIpc) is 2.92. The lowest BCUT2D eigenvalue weighted by Crippen LogP contribution is -2.51. The van der Waals surface area contributed by atoms with Crippen LogP contribution >= 0.6 is 0 Å². The van der Waals surface area contributed by atoms with Gasteiger partial charge in [0.05, 0.1) is 18.1 Å². The first-order valence-corrected chi connectivity index (χ1v) is 6.98. The summed E-state index contributed by atoms with van der Waals surface area (Å²) >= 11 is 0. The maximum Gasteiger partial charge on any atom is 0.317 e. The Bertz CT molecular complexity index is 342. The molecule has 6 heteroatoms. The number of piperidine rings is 1. The molecule has 19 heavy (non-hydrogen) atoms. The molecule has 2 heterocycles. The second-order valence-electron chi connectivity index (χ2n) is 5.41. The van der Waals surface area contributed by atoms with E-state index in [-0.39, 0.29) is 18.2 Å². The molecule has 2 aliphatic rings. The second kappa shape index (κ2) is 6.23. The lowest BCUT2D eigenvalue weighted by molar-refractivity contribution is -0.143. The monoisotopic (exact) mass is 270 g/mol. The molecule has 2 unspecified atom stereocenters. The van der Waals surface area contributed by atoms with Crippen molar-refractivity contribution in [2.24, 2.45) is 5.92 Å². The van der Waals surface area contributed by atoms with Crippen molar-refractivity contribution < 1.29 is 19.4 Å². The van der Waals surface area contributed by atoms with Gasteiger partial charge < -0.3 is 20.1 Å². The fraction of sp³-hybridized carbons (Fsp3) is 0.846. The summed E-state index contributed by atoms with van der Waals surface area (Å²) in [7, 11) is 0. The number of amides is 2. The molecule has 0 aromatic carbocycles. The lowest BCUT2D eigenvalue weighted by Gasteiger charge is -2.32. The summed E-state index contributed by atoms with van der Waals surface area (Å²) in [6, 6.07) is -0.200. The topological polar surface area (TPSA) is 78.9 Å². The van der Waals surface area contributed by atoms with E-state index in [4.69, 9.17) is 9.84 Å². The number of carboxylic acid groups (broad SMARTS) is 1. The number of carboxylic acids is 1. The molecule has 0 spiro atoms. The number of hydrogen-bond acceptors (Lipinski definition) is 3. The van der Waals surface area contributed by atoms with Crippen LogP contribution in [-0.4, -0.2) is 53.8 Å². The molecule has 0 aliphatic carbocycles. The van der Waals surface area contributed by atoms with Gasteiger partial charge in [-0.1, -0.05) is 0 Å². The van der Waals surface area contributed by atoms with Crippen molar-refractivity contribution >= 4 is 12.0 Å². The first-order valence-electron chi connectivity index (χ1n) is 6.98. The maximum absolute atomic E-state index is 12.1. The molecule has 0 bridgehead atoms. The van der Waals surface area contributed by atoms with Crippen LogP contribution in [0.15, 0.2) is 0 Å². The summed E-state index contributed by atoms with van der Waals surface area (Å²) in [6.45, 7) is 3.63. The van der Waals surface area contributed by atoms with Gasteiger partial charge in [-0.3, -0.25) is 4.79 Å². The zero-order valence-electron chi connectivity index (χ0n) is 11.3. The minimum atomic E-state index is -0.815. The summed E-state index contributed by atoms with van der Waals surface area (Å²) in [5.41, 5.74) is 0. The van der Waals surface area contributed by atoms with Gasteiger partial charge in [0, 0.05) is 19.7 Å². The van der Waals surface area contributed by atoms with E-state index in [1.807, 2.05) is 6.92 Å². The van der Waals surface area contributed by atoms with Crippen LogP contribution in [0.25, 0.3) is 0 Å². The van der Waals surface area contributed by atoms with Crippen molar-refractivity contribution in [2.75, 3.05) is 19.7 Å². The van der Waals surface area contributed by atoms with Crippen LogP contribution in [0.1, 0.15) is 32.6 Å². The Morgan fingerprint density at radius 3 is 2.79 bits per heavy atom. The van der Waals surface area contributed by atoms with Crippen LogP contribution in [0.4, 0.5) is 4.79 Å². The number of carbonyl (C=O) groups excluding carboxylic acids is 1. The third-order valence-electron chi connectivity index (χ3n) is 3.93. The number of carbonyl (C=O) groups is 2. The summed E-state index contributed by atoms with van der Waals surface area (Å²) < 4.78 is 5.53. The molecule has 0 saturated carbocycles. The first kappa shape index (κ1) is 14.1. The number of ether oxygens (including phenoxy) is 1. The van der Waals surface area contributed by atoms with E-state index >= 15 is 0 Å².